The van der Waals surface area contributed by atoms with Crippen molar-refractivity contribution < 1.29 is 9.90 Å². The van der Waals surface area contributed by atoms with Crippen molar-refractivity contribution in [3.8, 4) is 11.4 Å². The standard InChI is InChI=1S/C13H9N3O3/c17-11-5-10(13(18)19)15-12(16-11)8-6-14-9-4-2-1-3-7(8)9/h1-6,14H,(H,18,19)(H,15,16,17). The highest BCUT2D eigenvalue weighted by Gasteiger charge is 2.12. The summed E-state index contributed by atoms with van der Waals surface area (Å²) < 4.78 is 0. The van der Waals surface area contributed by atoms with Crippen molar-refractivity contribution in [2.75, 3.05) is 0 Å². The number of para-hydroxylation sites is 1. The van der Waals surface area contributed by atoms with Crippen LogP contribution in [-0.4, -0.2) is 26.0 Å². The summed E-state index contributed by atoms with van der Waals surface area (Å²) >= 11 is 0. The fraction of sp³-hybridized carbons (Fsp3) is 0. The van der Waals surface area contributed by atoms with Gasteiger partial charge in [-0.2, -0.15) is 0 Å². The van der Waals surface area contributed by atoms with Crippen molar-refractivity contribution in [2.45, 2.75) is 0 Å². The van der Waals surface area contributed by atoms with Gasteiger partial charge in [-0.15, -0.1) is 0 Å². The highest BCUT2D eigenvalue weighted by atomic mass is 16.4. The molecule has 2 heterocycles. The number of carboxylic acid groups (broad SMARTS) is 1. The minimum Gasteiger partial charge on any atom is -0.477 e. The molecule has 0 spiro atoms. The van der Waals surface area contributed by atoms with Crippen molar-refractivity contribution in [1.82, 2.24) is 15.0 Å². The number of nitrogens with one attached hydrogen (secondary N) is 2. The highest BCUT2D eigenvalue weighted by Crippen LogP contribution is 2.25. The molecule has 0 fully saturated rings. The van der Waals surface area contributed by atoms with Crippen molar-refractivity contribution in [3.63, 3.8) is 0 Å². The lowest BCUT2D eigenvalue weighted by atomic mass is 10.1. The number of aromatic carboxylic acids is 1. The Morgan fingerprint density at radius 2 is 2.05 bits per heavy atom. The Morgan fingerprint density at radius 3 is 2.84 bits per heavy atom. The third kappa shape index (κ3) is 1.89. The first-order chi connectivity index (χ1) is 9.15. The maximum Gasteiger partial charge on any atom is 0.354 e. The van der Waals surface area contributed by atoms with E-state index in [2.05, 4.69) is 15.0 Å². The van der Waals surface area contributed by atoms with Gasteiger partial charge in [0.25, 0.3) is 5.56 Å². The van der Waals surface area contributed by atoms with E-state index in [-0.39, 0.29) is 11.5 Å². The van der Waals surface area contributed by atoms with Gasteiger partial charge in [0.1, 0.15) is 5.82 Å². The molecule has 3 aromatic rings. The van der Waals surface area contributed by atoms with E-state index >= 15 is 0 Å². The molecule has 2 aromatic heterocycles. The number of aromatic nitrogens is 3. The van der Waals surface area contributed by atoms with E-state index in [1.54, 1.807) is 6.20 Å². The maximum atomic E-state index is 11.5. The van der Waals surface area contributed by atoms with Crippen molar-refractivity contribution in [3.05, 3.63) is 52.6 Å². The lowest BCUT2D eigenvalue weighted by Gasteiger charge is -2.00. The Bertz CT molecular complexity index is 832. The van der Waals surface area contributed by atoms with Crippen LogP contribution in [-0.2, 0) is 0 Å². The Morgan fingerprint density at radius 1 is 1.26 bits per heavy atom. The fourth-order valence-electron chi connectivity index (χ4n) is 1.96. The minimum atomic E-state index is -1.23. The number of H-pyrrole nitrogens is 2. The largest absolute Gasteiger partial charge is 0.477 e. The number of aromatic amines is 2. The van der Waals surface area contributed by atoms with Crippen molar-refractivity contribution >= 4 is 16.9 Å². The van der Waals surface area contributed by atoms with Gasteiger partial charge >= 0.3 is 5.97 Å². The smallest absolute Gasteiger partial charge is 0.354 e. The SMILES string of the molecule is O=C(O)c1cc(=O)[nH]c(-c2c[nH]c3ccccc23)n1. The van der Waals surface area contributed by atoms with Gasteiger partial charge in [-0.3, -0.25) is 4.79 Å². The van der Waals surface area contributed by atoms with E-state index in [4.69, 9.17) is 5.11 Å². The second kappa shape index (κ2) is 4.09. The third-order valence-electron chi connectivity index (χ3n) is 2.81. The molecule has 0 saturated carbocycles. The average molecular weight is 255 g/mol. The summed E-state index contributed by atoms with van der Waals surface area (Å²) in [6.45, 7) is 0. The summed E-state index contributed by atoms with van der Waals surface area (Å²) in [5.41, 5.74) is 0.786. The van der Waals surface area contributed by atoms with Crippen LogP contribution in [0.5, 0.6) is 0 Å². The van der Waals surface area contributed by atoms with Crippen LogP contribution in [0.3, 0.4) is 0 Å². The molecule has 0 amide bonds. The monoisotopic (exact) mass is 255 g/mol. The van der Waals surface area contributed by atoms with Gasteiger partial charge in [-0.25, -0.2) is 9.78 Å². The molecule has 3 N–H and O–H groups in total. The molecule has 3 rings (SSSR count). The molecular weight excluding hydrogens is 246 g/mol. The number of hydrogen-bond donors (Lipinski definition) is 3. The first kappa shape index (κ1) is 11.2. The van der Waals surface area contributed by atoms with Gasteiger partial charge in [0.05, 0.1) is 0 Å². The highest BCUT2D eigenvalue weighted by molar-refractivity contribution is 5.94. The topological polar surface area (TPSA) is 98.8 Å². The first-order valence-corrected chi connectivity index (χ1v) is 5.56. The number of benzene rings is 1. The number of carboxylic acids is 1. The van der Waals surface area contributed by atoms with Crippen LogP contribution in [0.1, 0.15) is 10.5 Å². The molecule has 6 nitrogen and oxygen atoms in total. The number of rotatable bonds is 2. The zero-order valence-corrected chi connectivity index (χ0v) is 9.68. The van der Waals surface area contributed by atoms with Gasteiger partial charge in [0, 0.05) is 28.7 Å². The van der Waals surface area contributed by atoms with Gasteiger partial charge in [0.2, 0.25) is 0 Å². The van der Waals surface area contributed by atoms with Crippen molar-refractivity contribution in [2.24, 2.45) is 0 Å². The summed E-state index contributed by atoms with van der Waals surface area (Å²) in [5, 5.41) is 9.79. The third-order valence-corrected chi connectivity index (χ3v) is 2.81. The van der Waals surface area contributed by atoms with Crippen LogP contribution in [0.4, 0.5) is 0 Å². The molecule has 0 radical (unpaired) electrons. The van der Waals surface area contributed by atoms with Gasteiger partial charge in [0.15, 0.2) is 5.69 Å². The average Bonchev–Trinajstić information content (AvgIpc) is 2.81. The molecule has 0 aliphatic rings. The lowest BCUT2D eigenvalue weighted by molar-refractivity contribution is 0.0690. The number of hydrogen-bond acceptors (Lipinski definition) is 3. The Balaban J connectivity index is 2.27. The number of carbonyl (C=O) groups is 1. The summed E-state index contributed by atoms with van der Waals surface area (Å²) in [7, 11) is 0. The molecule has 0 saturated heterocycles. The molecule has 19 heavy (non-hydrogen) atoms. The molecule has 0 aliphatic heterocycles. The lowest BCUT2D eigenvalue weighted by Crippen LogP contribution is -2.13. The molecule has 0 atom stereocenters. The fourth-order valence-corrected chi connectivity index (χ4v) is 1.96. The maximum absolute atomic E-state index is 11.5. The normalized spacial score (nSPS) is 10.7. The van der Waals surface area contributed by atoms with E-state index in [0.29, 0.717) is 5.56 Å². The number of fused-ring (bicyclic) bond motifs is 1. The Kier molecular flexibility index (Phi) is 2.42. The molecule has 6 heteroatoms. The summed E-state index contributed by atoms with van der Waals surface area (Å²) in [4.78, 5) is 31.9. The molecule has 0 unspecified atom stereocenters. The molecule has 94 valence electrons. The Hall–Kier alpha value is -2.89. The van der Waals surface area contributed by atoms with E-state index in [1.165, 1.54) is 0 Å². The van der Waals surface area contributed by atoms with Crippen LogP contribution in [0.25, 0.3) is 22.3 Å². The van der Waals surface area contributed by atoms with Crippen LogP contribution in [0, 0.1) is 0 Å². The minimum absolute atomic E-state index is 0.238. The van der Waals surface area contributed by atoms with Crippen LogP contribution in [0.2, 0.25) is 0 Å². The molecular formula is C13H9N3O3. The second-order valence-electron chi connectivity index (χ2n) is 4.03. The van der Waals surface area contributed by atoms with E-state index in [0.717, 1.165) is 17.0 Å². The first-order valence-electron chi connectivity index (χ1n) is 5.56. The molecule has 0 bridgehead atoms. The van der Waals surface area contributed by atoms with Gasteiger partial charge < -0.3 is 15.1 Å². The summed E-state index contributed by atoms with van der Waals surface area (Å²) in [6, 6.07) is 8.46. The summed E-state index contributed by atoms with van der Waals surface area (Å²) in [6.07, 6.45) is 1.69. The zero-order chi connectivity index (χ0) is 13.4. The molecule has 1 aromatic carbocycles. The zero-order valence-electron chi connectivity index (χ0n) is 9.68. The quantitative estimate of drug-likeness (QED) is 0.647. The van der Waals surface area contributed by atoms with Crippen LogP contribution < -0.4 is 5.56 Å². The predicted octanol–water partition coefficient (Wildman–Crippen LogP) is 1.62. The predicted molar refractivity (Wildman–Crippen MR) is 69.1 cm³/mol. The molecule has 0 aliphatic carbocycles. The van der Waals surface area contributed by atoms with Crippen LogP contribution in [0.15, 0.2) is 41.3 Å². The van der Waals surface area contributed by atoms with E-state index < -0.39 is 11.5 Å². The Labute approximate surface area is 106 Å². The van der Waals surface area contributed by atoms with Crippen molar-refractivity contribution in [1.29, 1.82) is 0 Å². The van der Waals surface area contributed by atoms with E-state index in [1.807, 2.05) is 24.3 Å². The van der Waals surface area contributed by atoms with Crippen LogP contribution >= 0.6 is 0 Å². The summed E-state index contributed by atoms with van der Waals surface area (Å²) in [5.74, 6) is -0.991. The van der Waals surface area contributed by atoms with Gasteiger partial charge in [-0.1, -0.05) is 18.2 Å². The second-order valence-corrected chi connectivity index (χ2v) is 4.03. The van der Waals surface area contributed by atoms with Gasteiger partial charge in [-0.05, 0) is 6.07 Å². The number of nitrogens with zero attached hydrogens (tertiary/aromatic N) is 1. The van der Waals surface area contributed by atoms with E-state index in [9.17, 15) is 9.59 Å².